The number of aromatic carboxylic acids is 1. The average Bonchev–Trinajstić information content (AvgIpc) is 3.38. The van der Waals surface area contributed by atoms with Crippen molar-refractivity contribution in [1.29, 1.82) is 0 Å². The van der Waals surface area contributed by atoms with Crippen molar-refractivity contribution in [2.24, 2.45) is 5.92 Å². The van der Waals surface area contributed by atoms with Crippen LogP contribution in [0.3, 0.4) is 0 Å². The Morgan fingerprint density at radius 3 is 2.37 bits per heavy atom. The predicted octanol–water partition coefficient (Wildman–Crippen LogP) is 7.96. The van der Waals surface area contributed by atoms with Gasteiger partial charge in [-0.25, -0.2) is 14.6 Å². The molecular weight excluding hydrogens is 656 g/mol. The molecule has 2 atom stereocenters. The van der Waals surface area contributed by atoms with Gasteiger partial charge in [0.05, 0.1) is 37.4 Å². The van der Waals surface area contributed by atoms with Crippen molar-refractivity contribution in [3.63, 3.8) is 0 Å². The number of cyclic esters (lactones) is 1. The summed E-state index contributed by atoms with van der Waals surface area (Å²) in [4.78, 5) is 32.7. The van der Waals surface area contributed by atoms with Crippen LogP contribution in [-0.2, 0) is 11.3 Å². The molecule has 2 aromatic carbocycles. The van der Waals surface area contributed by atoms with E-state index in [1.807, 2.05) is 29.2 Å². The summed E-state index contributed by atoms with van der Waals surface area (Å²) in [6.07, 6.45) is -11.1. The highest BCUT2D eigenvalue weighted by Crippen LogP contribution is 2.43. The number of allylic oxidation sites excluding steroid dienone is 2. The number of alkyl halides is 6. The molecule has 8 nitrogen and oxygen atoms in total. The smallest absolute Gasteiger partial charge is 0.412 e. The average molecular weight is 688 g/mol. The lowest BCUT2D eigenvalue weighted by molar-refractivity contribution is -0.166. The van der Waals surface area contributed by atoms with E-state index in [2.05, 4.69) is 0 Å². The number of carboxylic acids is 1. The molecule has 6 rings (SSSR count). The van der Waals surface area contributed by atoms with Gasteiger partial charge in [-0.2, -0.15) is 26.3 Å². The maximum Gasteiger partial charge on any atom is 0.412 e. The Balaban J connectivity index is 1.36. The molecule has 14 heteroatoms. The molecule has 0 radical (unpaired) electrons. The zero-order valence-electron chi connectivity index (χ0n) is 26.4. The van der Waals surface area contributed by atoms with E-state index in [0.717, 1.165) is 36.2 Å². The van der Waals surface area contributed by atoms with Crippen molar-refractivity contribution < 1.29 is 50.5 Å². The maximum atomic E-state index is 13.6. The van der Waals surface area contributed by atoms with Gasteiger partial charge >= 0.3 is 24.4 Å². The van der Waals surface area contributed by atoms with Crippen molar-refractivity contribution in [2.45, 2.75) is 44.8 Å². The number of carboxylic acid groups (broad SMARTS) is 1. The van der Waals surface area contributed by atoms with E-state index >= 15 is 0 Å². The molecule has 2 aliphatic heterocycles. The molecule has 0 saturated carbocycles. The Bertz CT molecular complexity index is 1870. The lowest BCUT2D eigenvalue weighted by atomic mass is 9.87. The summed E-state index contributed by atoms with van der Waals surface area (Å²) >= 11 is 0. The zero-order valence-corrected chi connectivity index (χ0v) is 26.4. The van der Waals surface area contributed by atoms with Gasteiger partial charge in [-0.15, -0.1) is 0 Å². The van der Waals surface area contributed by atoms with Crippen LogP contribution in [-0.4, -0.2) is 72.3 Å². The van der Waals surface area contributed by atoms with Crippen molar-refractivity contribution in [1.82, 2.24) is 9.88 Å². The van der Waals surface area contributed by atoms with Gasteiger partial charge < -0.3 is 19.5 Å². The molecule has 1 amide bonds. The largest absolute Gasteiger partial charge is 0.496 e. The third-order valence-corrected chi connectivity index (χ3v) is 8.97. The number of amides is 1. The van der Waals surface area contributed by atoms with E-state index in [4.69, 9.17) is 14.5 Å². The molecule has 2 fully saturated rings. The fourth-order valence-corrected chi connectivity index (χ4v) is 6.22. The van der Waals surface area contributed by atoms with Gasteiger partial charge in [0.1, 0.15) is 17.7 Å². The van der Waals surface area contributed by atoms with E-state index in [9.17, 15) is 41.0 Å². The molecule has 0 bridgehead atoms. The number of aryl methyl sites for hydroxylation is 1. The van der Waals surface area contributed by atoms with Gasteiger partial charge in [-0.1, -0.05) is 18.2 Å². The molecule has 3 aliphatic rings. The van der Waals surface area contributed by atoms with Crippen LogP contribution in [0.2, 0.25) is 0 Å². The molecule has 1 unspecified atom stereocenters. The number of hydrogen-bond donors (Lipinski definition) is 1. The van der Waals surface area contributed by atoms with Crippen LogP contribution in [0.1, 0.15) is 34.5 Å². The molecule has 2 saturated heterocycles. The van der Waals surface area contributed by atoms with Gasteiger partial charge in [0.2, 0.25) is 0 Å². The highest BCUT2D eigenvalue weighted by Gasteiger charge is 2.47. The minimum absolute atomic E-state index is 0.141. The lowest BCUT2D eigenvalue weighted by Crippen LogP contribution is -2.38. The Kier molecular flexibility index (Phi) is 8.84. The van der Waals surface area contributed by atoms with Gasteiger partial charge in [0.15, 0.2) is 0 Å². The lowest BCUT2D eigenvalue weighted by Gasteiger charge is -2.32. The number of carbonyl (C=O) groups is 2. The van der Waals surface area contributed by atoms with Crippen molar-refractivity contribution in [3.05, 3.63) is 88.7 Å². The Labute approximate surface area is 277 Å². The molecule has 49 heavy (non-hydrogen) atoms. The first-order valence-corrected chi connectivity index (χ1v) is 15.4. The van der Waals surface area contributed by atoms with Crippen LogP contribution >= 0.6 is 0 Å². The van der Waals surface area contributed by atoms with E-state index in [1.165, 1.54) is 18.1 Å². The minimum atomic E-state index is -4.98. The first kappa shape index (κ1) is 33.9. The quantitative estimate of drug-likeness (QED) is 0.240. The molecule has 3 aromatic rings. The van der Waals surface area contributed by atoms with Gasteiger partial charge in [0.25, 0.3) is 0 Å². The number of rotatable bonds is 8. The van der Waals surface area contributed by atoms with Gasteiger partial charge in [-0.3, -0.25) is 4.90 Å². The van der Waals surface area contributed by atoms with Crippen LogP contribution in [0.4, 0.5) is 37.0 Å². The molecule has 258 valence electrons. The summed E-state index contributed by atoms with van der Waals surface area (Å²) in [6.45, 7) is 2.89. The number of hydrogen-bond acceptors (Lipinski definition) is 6. The highest BCUT2D eigenvalue weighted by molar-refractivity contribution is 5.89. The van der Waals surface area contributed by atoms with E-state index in [-0.39, 0.29) is 24.2 Å². The number of nitrogens with zero attached hydrogens (tertiary/aromatic N) is 3. The standard InChI is InChI=1S/C35H31F6N3O5/c1-19-12-21(32(45)46)4-6-25(19)20-5-8-29(48-2)27(15-20)26-7-9-31(43-10-3-11-43)42-28(26)17-44-18-30(49-33(44)47)22-13-23(34(36,37)38)16-24(14-22)35(39,40)41/h4-9,12-15,23,30H,3,10-11,16-18H2,1-2H3,(H,45,46)/t23?,30-/m0/s1. The predicted molar refractivity (Wildman–Crippen MR) is 167 cm³/mol. The highest BCUT2D eigenvalue weighted by atomic mass is 19.4. The normalized spacial score (nSPS) is 19.6. The number of ether oxygens (including phenoxy) is 2. The van der Waals surface area contributed by atoms with E-state index in [0.29, 0.717) is 40.5 Å². The van der Waals surface area contributed by atoms with Crippen molar-refractivity contribution in [2.75, 3.05) is 31.6 Å². The van der Waals surface area contributed by atoms with E-state index < -0.39 is 48.4 Å². The zero-order chi connectivity index (χ0) is 35.2. The first-order chi connectivity index (χ1) is 23.1. The van der Waals surface area contributed by atoms with Crippen LogP contribution in [0.15, 0.2) is 71.8 Å². The van der Waals surface area contributed by atoms with Crippen LogP contribution < -0.4 is 9.64 Å². The third kappa shape index (κ3) is 6.94. The Morgan fingerprint density at radius 2 is 1.76 bits per heavy atom. The summed E-state index contributed by atoms with van der Waals surface area (Å²) in [6, 6.07) is 13.9. The molecule has 1 aromatic heterocycles. The first-order valence-electron chi connectivity index (χ1n) is 15.4. The number of aromatic nitrogens is 1. The van der Waals surface area contributed by atoms with Gasteiger partial charge in [-0.05, 0) is 84.5 Å². The van der Waals surface area contributed by atoms with Crippen LogP contribution in [0.25, 0.3) is 22.3 Å². The number of anilines is 1. The SMILES string of the molecule is COc1ccc(-c2ccc(C(=O)O)cc2C)cc1-c1ccc(N2CCC2)nc1CN1C[C@@H](C2=CC(C(F)(F)F)CC(C(F)(F)F)=C2)OC1=O. The summed E-state index contributed by atoms with van der Waals surface area (Å²) in [5, 5.41) is 9.40. The molecule has 0 spiro atoms. The van der Waals surface area contributed by atoms with E-state index in [1.54, 1.807) is 25.1 Å². The Morgan fingerprint density at radius 1 is 1.02 bits per heavy atom. The fourth-order valence-electron chi connectivity index (χ4n) is 6.22. The third-order valence-electron chi connectivity index (χ3n) is 8.97. The van der Waals surface area contributed by atoms with Crippen LogP contribution in [0.5, 0.6) is 5.75 Å². The molecule has 3 heterocycles. The second-order valence-electron chi connectivity index (χ2n) is 12.2. The monoisotopic (exact) mass is 687 g/mol. The topological polar surface area (TPSA) is 92.2 Å². The second-order valence-corrected chi connectivity index (χ2v) is 12.2. The maximum absolute atomic E-state index is 13.6. The Hall–Kier alpha value is -5.01. The molecular formula is C35H31F6N3O5. The summed E-state index contributed by atoms with van der Waals surface area (Å²) in [5.41, 5.74) is 2.27. The fraction of sp³-hybridized carbons (Fsp3) is 0.343. The molecule has 1 aliphatic carbocycles. The number of methoxy groups -OCH3 is 1. The van der Waals surface area contributed by atoms with Crippen LogP contribution in [0, 0.1) is 12.8 Å². The second kappa shape index (κ2) is 12.8. The molecule has 1 N–H and O–H groups in total. The number of pyridine rings is 1. The van der Waals surface area contributed by atoms with Gasteiger partial charge in [0, 0.05) is 29.8 Å². The number of halogens is 6. The number of carbonyl (C=O) groups excluding carboxylic acids is 1. The van der Waals surface area contributed by atoms with Crippen molar-refractivity contribution in [3.8, 4) is 28.0 Å². The summed E-state index contributed by atoms with van der Waals surface area (Å²) < 4.78 is 92.6. The number of benzene rings is 2. The minimum Gasteiger partial charge on any atom is -0.496 e. The summed E-state index contributed by atoms with van der Waals surface area (Å²) in [5.74, 6) is -2.31. The summed E-state index contributed by atoms with van der Waals surface area (Å²) in [7, 11) is 1.49. The van der Waals surface area contributed by atoms with Crippen molar-refractivity contribution >= 4 is 17.9 Å².